The molecule has 19 heavy (non-hydrogen) atoms. The molecule has 106 valence electrons. The van der Waals surface area contributed by atoms with Crippen LogP contribution in [0.15, 0.2) is 23.1 Å². The summed E-state index contributed by atoms with van der Waals surface area (Å²) >= 11 is 5.84. The molecule has 0 fully saturated rings. The van der Waals surface area contributed by atoms with Gasteiger partial charge in [-0.3, -0.25) is 0 Å². The van der Waals surface area contributed by atoms with Gasteiger partial charge in [0.05, 0.1) is 10.6 Å². The lowest BCUT2D eigenvalue weighted by molar-refractivity contribution is 0.0696. The zero-order chi connectivity index (χ0) is 14.6. The van der Waals surface area contributed by atoms with Crippen molar-refractivity contribution in [2.24, 2.45) is 0 Å². The molecular formula is C12H16ClNO4S. The molecule has 0 saturated carbocycles. The van der Waals surface area contributed by atoms with Gasteiger partial charge in [-0.25, -0.2) is 17.9 Å². The molecule has 0 unspecified atom stereocenters. The molecule has 0 heterocycles. The molecule has 2 N–H and O–H groups in total. The molecular weight excluding hydrogens is 290 g/mol. The van der Waals surface area contributed by atoms with Crippen LogP contribution in [0, 0.1) is 0 Å². The lowest BCUT2D eigenvalue weighted by atomic mass is 10.2. The maximum atomic E-state index is 12.2. The molecule has 0 atom stereocenters. The highest BCUT2D eigenvalue weighted by molar-refractivity contribution is 7.89. The molecule has 7 heteroatoms. The molecule has 0 bridgehead atoms. The summed E-state index contributed by atoms with van der Waals surface area (Å²) in [5.41, 5.74) is -0.116. The summed E-state index contributed by atoms with van der Waals surface area (Å²) in [6, 6.07) is 3.40. The predicted octanol–water partition coefficient (Wildman–Crippen LogP) is 2.51. The van der Waals surface area contributed by atoms with Gasteiger partial charge in [-0.05, 0) is 31.0 Å². The van der Waals surface area contributed by atoms with Crippen LogP contribution in [0.2, 0.25) is 5.02 Å². The Morgan fingerprint density at radius 3 is 2.42 bits per heavy atom. The Balaban J connectivity index is 3.20. The molecule has 0 saturated heterocycles. The fourth-order valence-corrected chi connectivity index (χ4v) is 3.51. The quantitative estimate of drug-likeness (QED) is 0.846. The van der Waals surface area contributed by atoms with E-state index in [1.807, 2.05) is 13.8 Å². The maximum absolute atomic E-state index is 12.2. The van der Waals surface area contributed by atoms with Crippen molar-refractivity contribution in [1.82, 2.24) is 4.72 Å². The molecule has 5 nitrogen and oxygen atoms in total. The van der Waals surface area contributed by atoms with E-state index in [0.29, 0.717) is 12.8 Å². The standard InChI is InChI=1S/C12H16ClNO4S/c1-3-9(4-2)14-19(17,18)11-7-8(12(15)16)5-6-10(11)13/h5-7,9,14H,3-4H2,1-2H3,(H,15,16). The van der Waals surface area contributed by atoms with Crippen molar-refractivity contribution in [3.8, 4) is 0 Å². The minimum Gasteiger partial charge on any atom is -0.478 e. The van der Waals surface area contributed by atoms with Crippen molar-refractivity contribution in [2.45, 2.75) is 37.6 Å². The van der Waals surface area contributed by atoms with Crippen LogP contribution in [0.5, 0.6) is 0 Å². The van der Waals surface area contributed by atoms with Crippen molar-refractivity contribution < 1.29 is 18.3 Å². The van der Waals surface area contributed by atoms with Gasteiger partial charge in [-0.15, -0.1) is 0 Å². The van der Waals surface area contributed by atoms with Gasteiger partial charge in [0, 0.05) is 6.04 Å². The van der Waals surface area contributed by atoms with Crippen LogP contribution in [0.25, 0.3) is 0 Å². The van der Waals surface area contributed by atoms with E-state index in [0.717, 1.165) is 6.07 Å². The van der Waals surface area contributed by atoms with Crippen LogP contribution in [0.1, 0.15) is 37.0 Å². The third-order valence-corrected chi connectivity index (χ3v) is 4.78. The molecule has 1 aromatic rings. The maximum Gasteiger partial charge on any atom is 0.335 e. The molecule has 0 aliphatic rings. The summed E-state index contributed by atoms with van der Waals surface area (Å²) in [6.45, 7) is 3.73. The van der Waals surface area contributed by atoms with Crippen molar-refractivity contribution in [2.75, 3.05) is 0 Å². The van der Waals surface area contributed by atoms with E-state index < -0.39 is 16.0 Å². The average molecular weight is 306 g/mol. The molecule has 1 rings (SSSR count). The van der Waals surface area contributed by atoms with Gasteiger partial charge in [0.1, 0.15) is 4.90 Å². The van der Waals surface area contributed by atoms with Gasteiger partial charge in [0.15, 0.2) is 0 Å². The number of nitrogens with one attached hydrogen (secondary N) is 1. The van der Waals surface area contributed by atoms with Crippen molar-refractivity contribution in [3.63, 3.8) is 0 Å². The van der Waals surface area contributed by atoms with E-state index in [1.165, 1.54) is 12.1 Å². The van der Waals surface area contributed by atoms with E-state index in [-0.39, 0.29) is 21.5 Å². The highest BCUT2D eigenvalue weighted by Crippen LogP contribution is 2.23. The number of halogens is 1. The molecule has 0 radical (unpaired) electrons. The Kier molecular flexibility index (Phi) is 5.34. The Morgan fingerprint density at radius 1 is 1.37 bits per heavy atom. The number of carboxylic acids is 1. The van der Waals surface area contributed by atoms with Crippen molar-refractivity contribution in [3.05, 3.63) is 28.8 Å². The highest BCUT2D eigenvalue weighted by atomic mass is 35.5. The second-order valence-corrected chi connectivity index (χ2v) is 6.17. The lowest BCUT2D eigenvalue weighted by Gasteiger charge is -2.16. The lowest BCUT2D eigenvalue weighted by Crippen LogP contribution is -2.34. The monoisotopic (exact) mass is 305 g/mol. The summed E-state index contributed by atoms with van der Waals surface area (Å²) < 4.78 is 26.8. The van der Waals surface area contributed by atoms with E-state index in [9.17, 15) is 13.2 Å². The van der Waals surface area contributed by atoms with Gasteiger partial charge >= 0.3 is 5.97 Å². The summed E-state index contributed by atoms with van der Waals surface area (Å²) in [4.78, 5) is 10.7. The Bertz CT molecular complexity index is 567. The largest absolute Gasteiger partial charge is 0.478 e. The number of carbonyl (C=O) groups is 1. The van der Waals surface area contributed by atoms with Gasteiger partial charge in [-0.2, -0.15) is 0 Å². The zero-order valence-corrected chi connectivity index (χ0v) is 12.3. The predicted molar refractivity (Wildman–Crippen MR) is 73.1 cm³/mol. The van der Waals surface area contributed by atoms with Crippen LogP contribution in [0.4, 0.5) is 0 Å². The first kappa shape index (κ1) is 15.9. The molecule has 0 aromatic heterocycles. The van der Waals surface area contributed by atoms with Crippen LogP contribution in [-0.2, 0) is 10.0 Å². The summed E-state index contributed by atoms with van der Waals surface area (Å²) in [5, 5.41) is 8.89. The van der Waals surface area contributed by atoms with Crippen LogP contribution >= 0.6 is 11.6 Å². The van der Waals surface area contributed by atoms with E-state index in [4.69, 9.17) is 16.7 Å². The van der Waals surface area contributed by atoms with E-state index in [2.05, 4.69) is 4.72 Å². The second kappa shape index (κ2) is 6.36. The fraction of sp³-hybridized carbons (Fsp3) is 0.417. The second-order valence-electron chi connectivity index (χ2n) is 4.09. The topological polar surface area (TPSA) is 83.5 Å². The summed E-state index contributed by atoms with van der Waals surface area (Å²) in [7, 11) is -3.82. The number of hydrogen-bond acceptors (Lipinski definition) is 3. The number of aromatic carboxylic acids is 1. The number of rotatable bonds is 6. The average Bonchev–Trinajstić information content (AvgIpc) is 2.35. The van der Waals surface area contributed by atoms with Crippen LogP contribution < -0.4 is 4.72 Å². The Hall–Kier alpha value is -1.11. The first-order chi connectivity index (χ1) is 8.81. The third-order valence-electron chi connectivity index (χ3n) is 2.78. The number of carboxylic acid groups (broad SMARTS) is 1. The van der Waals surface area contributed by atoms with Gasteiger partial charge in [-0.1, -0.05) is 25.4 Å². The minimum atomic E-state index is -3.82. The van der Waals surface area contributed by atoms with Crippen molar-refractivity contribution >= 4 is 27.6 Å². The van der Waals surface area contributed by atoms with E-state index >= 15 is 0 Å². The van der Waals surface area contributed by atoms with Crippen molar-refractivity contribution in [1.29, 1.82) is 0 Å². The first-order valence-electron chi connectivity index (χ1n) is 5.87. The molecule has 0 aliphatic heterocycles. The molecule has 0 aliphatic carbocycles. The number of sulfonamides is 1. The molecule has 0 amide bonds. The van der Waals surface area contributed by atoms with Gasteiger partial charge in [0.2, 0.25) is 10.0 Å². The molecule has 1 aromatic carbocycles. The SMILES string of the molecule is CCC(CC)NS(=O)(=O)c1cc(C(=O)O)ccc1Cl. The number of benzene rings is 1. The van der Waals surface area contributed by atoms with Crippen LogP contribution in [-0.4, -0.2) is 25.5 Å². The Morgan fingerprint density at radius 2 is 1.95 bits per heavy atom. The van der Waals surface area contributed by atoms with Gasteiger partial charge < -0.3 is 5.11 Å². The first-order valence-corrected chi connectivity index (χ1v) is 7.73. The minimum absolute atomic E-state index is 0.00320. The Labute approximate surface area is 117 Å². The number of hydrogen-bond donors (Lipinski definition) is 2. The summed E-state index contributed by atoms with van der Waals surface area (Å²) in [5.74, 6) is -1.20. The van der Waals surface area contributed by atoms with E-state index in [1.54, 1.807) is 0 Å². The normalized spacial score (nSPS) is 11.8. The highest BCUT2D eigenvalue weighted by Gasteiger charge is 2.22. The zero-order valence-electron chi connectivity index (χ0n) is 10.7. The third kappa shape index (κ3) is 3.92. The van der Waals surface area contributed by atoms with Crippen LogP contribution in [0.3, 0.4) is 0 Å². The smallest absolute Gasteiger partial charge is 0.335 e. The molecule has 0 spiro atoms. The fourth-order valence-electron chi connectivity index (χ4n) is 1.58. The summed E-state index contributed by atoms with van der Waals surface area (Å²) in [6.07, 6.45) is 1.29. The van der Waals surface area contributed by atoms with Gasteiger partial charge in [0.25, 0.3) is 0 Å².